The van der Waals surface area contributed by atoms with Gasteiger partial charge < -0.3 is 24.6 Å². The zero-order valence-corrected chi connectivity index (χ0v) is 31.1. The topological polar surface area (TPSA) is 192 Å². The quantitative estimate of drug-likeness (QED) is 0.148. The predicted octanol–water partition coefficient (Wildman–Crippen LogP) is 1.86. The number of carbonyl (C=O) groups is 5. The number of esters is 3. The molecule has 0 aliphatic carbocycles. The molecule has 1 aliphatic rings. The van der Waals surface area contributed by atoms with Gasteiger partial charge in [-0.25, -0.2) is 9.78 Å². The molecule has 2 rings (SSSR count). The number of aromatic nitrogens is 1. The molecule has 1 aromatic heterocycles. The van der Waals surface area contributed by atoms with E-state index in [2.05, 4.69) is 21.2 Å². The summed E-state index contributed by atoms with van der Waals surface area (Å²) in [5.74, 6) is -2.39. The average molecular weight is 708 g/mol. The lowest BCUT2D eigenvalue weighted by atomic mass is 10.1. The minimum absolute atomic E-state index is 0.0131. The van der Waals surface area contributed by atoms with Crippen molar-refractivity contribution in [1.82, 2.24) is 30.4 Å². The van der Waals surface area contributed by atoms with Crippen LogP contribution in [0, 0.1) is 0 Å². The number of nitrogens with zero attached hydrogens (tertiary/aromatic N) is 4. The van der Waals surface area contributed by atoms with Crippen LogP contribution in [0.25, 0.3) is 0 Å². The Morgan fingerprint density at radius 3 is 1.66 bits per heavy atom. The lowest BCUT2D eigenvalue weighted by molar-refractivity contribution is -0.158. The number of carbonyl (C=O) groups excluding carboxylic acids is 4. The molecule has 0 bridgehead atoms. The highest BCUT2D eigenvalue weighted by atomic mass is 16.6. The molecule has 1 unspecified atom stereocenters. The number of pyridine rings is 1. The molecule has 1 amide bonds. The van der Waals surface area contributed by atoms with Gasteiger partial charge in [0.2, 0.25) is 5.91 Å². The maximum atomic E-state index is 13.0. The molecule has 2 heterocycles. The number of hydrogen-bond acceptors (Lipinski definition) is 14. The van der Waals surface area contributed by atoms with Crippen LogP contribution in [0.4, 0.5) is 5.82 Å². The van der Waals surface area contributed by atoms with Gasteiger partial charge in [0.15, 0.2) is 0 Å². The maximum Gasteiger partial charge on any atom is 0.337 e. The Hall–Kier alpha value is -3.86. The van der Waals surface area contributed by atoms with Gasteiger partial charge in [0.05, 0.1) is 25.2 Å². The number of anilines is 1. The summed E-state index contributed by atoms with van der Waals surface area (Å²) < 4.78 is 16.7. The molecule has 1 fully saturated rings. The first-order valence-corrected chi connectivity index (χ1v) is 16.9. The Morgan fingerprint density at radius 1 is 0.760 bits per heavy atom. The van der Waals surface area contributed by atoms with E-state index in [0.29, 0.717) is 39.1 Å². The first kappa shape index (κ1) is 42.3. The van der Waals surface area contributed by atoms with Crippen molar-refractivity contribution in [3.63, 3.8) is 0 Å². The largest absolute Gasteiger partial charge is 0.478 e. The van der Waals surface area contributed by atoms with Crippen molar-refractivity contribution in [2.75, 3.05) is 64.5 Å². The van der Waals surface area contributed by atoms with Gasteiger partial charge in [0.1, 0.15) is 22.6 Å². The van der Waals surface area contributed by atoms with Gasteiger partial charge in [-0.3, -0.25) is 44.7 Å². The summed E-state index contributed by atoms with van der Waals surface area (Å²) in [5.41, 5.74) is 3.31. The number of aromatic carboxylic acids is 1. The van der Waals surface area contributed by atoms with Gasteiger partial charge in [0.25, 0.3) is 0 Å². The summed E-state index contributed by atoms with van der Waals surface area (Å²) in [5, 5.41) is 12.5. The molecule has 1 atom stereocenters. The van der Waals surface area contributed by atoms with Crippen LogP contribution in [0.1, 0.15) is 85.5 Å². The van der Waals surface area contributed by atoms with Gasteiger partial charge in [0, 0.05) is 58.1 Å². The van der Waals surface area contributed by atoms with Crippen LogP contribution in [0.2, 0.25) is 0 Å². The van der Waals surface area contributed by atoms with Crippen molar-refractivity contribution in [3.05, 3.63) is 23.9 Å². The Kier molecular flexibility index (Phi) is 16.0. The molecule has 16 heteroatoms. The first-order valence-electron chi connectivity index (χ1n) is 16.9. The molecule has 0 saturated carbocycles. The van der Waals surface area contributed by atoms with Gasteiger partial charge in [-0.2, -0.15) is 0 Å². The third-order valence-corrected chi connectivity index (χ3v) is 6.95. The number of hydrazine groups is 1. The van der Waals surface area contributed by atoms with E-state index < -0.39 is 28.7 Å². The van der Waals surface area contributed by atoms with Crippen LogP contribution in [0.3, 0.4) is 0 Å². The van der Waals surface area contributed by atoms with E-state index >= 15 is 0 Å². The molecule has 0 radical (unpaired) electrons. The monoisotopic (exact) mass is 707 g/mol. The number of amides is 1. The minimum atomic E-state index is -1.11. The highest BCUT2D eigenvalue weighted by molar-refractivity contribution is 5.87. The van der Waals surface area contributed by atoms with Crippen LogP contribution in [-0.2, 0) is 33.4 Å². The third kappa shape index (κ3) is 18.8. The van der Waals surface area contributed by atoms with Crippen molar-refractivity contribution in [2.24, 2.45) is 0 Å². The second kappa shape index (κ2) is 18.9. The second-order valence-corrected chi connectivity index (χ2v) is 15.3. The molecular weight excluding hydrogens is 650 g/mol. The van der Waals surface area contributed by atoms with E-state index in [-0.39, 0.29) is 68.0 Å². The lowest BCUT2D eigenvalue weighted by Crippen LogP contribution is -2.51. The number of carboxylic acids is 1. The fourth-order valence-electron chi connectivity index (χ4n) is 4.86. The SMILES string of the molecule is CC(C)(C)OC(=O)CN1CCC(CC(=O)NNc2ccc(C(=O)O)cn2)NCN(CC(=O)OC(C)(C)C)CCN(CC(=O)OC(C)(C)C)CC1. The van der Waals surface area contributed by atoms with Crippen molar-refractivity contribution < 1.29 is 43.3 Å². The van der Waals surface area contributed by atoms with Crippen LogP contribution < -0.4 is 16.2 Å². The van der Waals surface area contributed by atoms with Crippen LogP contribution in [0.5, 0.6) is 0 Å². The Balaban J connectivity index is 2.26. The van der Waals surface area contributed by atoms with E-state index in [1.807, 2.05) is 14.7 Å². The molecule has 1 aromatic rings. The van der Waals surface area contributed by atoms with Crippen molar-refractivity contribution in [1.29, 1.82) is 0 Å². The molecule has 50 heavy (non-hydrogen) atoms. The van der Waals surface area contributed by atoms with Crippen LogP contribution in [0.15, 0.2) is 18.3 Å². The molecule has 4 N–H and O–H groups in total. The van der Waals surface area contributed by atoms with E-state index in [1.165, 1.54) is 18.3 Å². The fraction of sp³-hybridized carbons (Fsp3) is 0.706. The normalized spacial score (nSPS) is 17.8. The van der Waals surface area contributed by atoms with Crippen LogP contribution in [-0.4, -0.2) is 136 Å². The smallest absolute Gasteiger partial charge is 0.337 e. The summed E-state index contributed by atoms with van der Waals surface area (Å²) in [6.45, 7) is 18.5. The summed E-state index contributed by atoms with van der Waals surface area (Å²) >= 11 is 0. The second-order valence-electron chi connectivity index (χ2n) is 15.3. The highest BCUT2D eigenvalue weighted by Gasteiger charge is 2.26. The molecule has 16 nitrogen and oxygen atoms in total. The van der Waals surface area contributed by atoms with Crippen molar-refractivity contribution in [3.8, 4) is 0 Å². The minimum Gasteiger partial charge on any atom is -0.478 e. The first-order chi connectivity index (χ1) is 23.1. The van der Waals surface area contributed by atoms with E-state index in [0.717, 1.165) is 0 Å². The van der Waals surface area contributed by atoms with Gasteiger partial charge in [-0.05, 0) is 80.9 Å². The zero-order chi connectivity index (χ0) is 37.7. The summed E-state index contributed by atoms with van der Waals surface area (Å²) in [6, 6.07) is 2.43. The number of nitrogens with one attached hydrogen (secondary N) is 3. The maximum absolute atomic E-state index is 13.0. The Morgan fingerprint density at radius 2 is 1.22 bits per heavy atom. The average Bonchev–Trinajstić information content (AvgIpc) is 2.94. The summed E-state index contributed by atoms with van der Waals surface area (Å²) in [7, 11) is 0. The van der Waals surface area contributed by atoms with Gasteiger partial charge >= 0.3 is 23.9 Å². The molecule has 282 valence electrons. The molecule has 1 saturated heterocycles. The molecular formula is C34H57N7O9. The fourth-order valence-corrected chi connectivity index (χ4v) is 4.86. The van der Waals surface area contributed by atoms with Crippen molar-refractivity contribution >= 4 is 35.6 Å². The summed E-state index contributed by atoms with van der Waals surface area (Å²) in [4.78, 5) is 72.5. The van der Waals surface area contributed by atoms with E-state index in [9.17, 15) is 24.0 Å². The van der Waals surface area contributed by atoms with Gasteiger partial charge in [-0.1, -0.05) is 0 Å². The number of rotatable bonds is 11. The standard InChI is InChI=1S/C34H57N7O9/c1-32(2,3)48-28(43)20-39-13-12-25(18-27(42)38-37-26-11-10-24(19-35-26)31(46)47)36-23-41(22-30(45)50-34(7,8)9)17-16-40(15-14-39)21-29(44)49-33(4,5)6/h10-11,19,25,36H,12-18,20-23H2,1-9H3,(H,35,37)(H,38,42)(H,46,47). The van der Waals surface area contributed by atoms with E-state index in [1.54, 1.807) is 62.3 Å². The zero-order valence-electron chi connectivity index (χ0n) is 31.1. The number of carboxylic acid groups (broad SMARTS) is 1. The highest BCUT2D eigenvalue weighted by Crippen LogP contribution is 2.12. The lowest BCUT2D eigenvalue weighted by Gasteiger charge is -2.33. The van der Waals surface area contributed by atoms with Crippen molar-refractivity contribution in [2.45, 2.75) is 98.0 Å². The predicted molar refractivity (Wildman–Crippen MR) is 186 cm³/mol. The molecule has 1 aliphatic heterocycles. The summed E-state index contributed by atoms with van der Waals surface area (Å²) in [6.07, 6.45) is 1.66. The van der Waals surface area contributed by atoms with Gasteiger partial charge in [-0.15, -0.1) is 0 Å². The van der Waals surface area contributed by atoms with Crippen LogP contribution >= 0.6 is 0 Å². The van der Waals surface area contributed by atoms with E-state index in [4.69, 9.17) is 19.3 Å². The Bertz CT molecular complexity index is 1240. The molecule has 0 spiro atoms. The Labute approximate surface area is 295 Å². The third-order valence-electron chi connectivity index (χ3n) is 6.95. The number of hydrogen-bond donors (Lipinski definition) is 4. The molecule has 0 aromatic carbocycles. The number of ether oxygens (including phenoxy) is 3.